The third-order valence-electron chi connectivity index (χ3n) is 6.71. The number of carbonyl (C=O) groups is 3. The SMILES string of the molecule is CC/C=C\C/C=C\C/C=C\C/C=C\C/C=C\C/C=C\CC(=O)OCC(C)(C)[C@@H](O)C(=O)NCCC(=O)NCCSC.CCCCCC. The summed E-state index contributed by atoms with van der Waals surface area (Å²) in [6.07, 6.45) is 37.1. The monoisotopic (exact) mass is 674 g/mol. The fraction of sp³-hybridized carbons (Fsp3) is 0.615. The highest BCUT2D eigenvalue weighted by atomic mass is 32.2. The van der Waals surface area contributed by atoms with Crippen molar-refractivity contribution in [2.75, 3.05) is 31.7 Å². The third-order valence-corrected chi connectivity index (χ3v) is 7.32. The molecule has 0 aliphatic heterocycles. The maximum Gasteiger partial charge on any atom is 0.309 e. The van der Waals surface area contributed by atoms with E-state index >= 15 is 0 Å². The Morgan fingerprint density at radius 1 is 0.723 bits per heavy atom. The van der Waals surface area contributed by atoms with Gasteiger partial charge in [-0.3, -0.25) is 14.4 Å². The summed E-state index contributed by atoms with van der Waals surface area (Å²) in [7, 11) is 0. The van der Waals surface area contributed by atoms with Crippen molar-refractivity contribution in [3.63, 3.8) is 0 Å². The Balaban J connectivity index is 0. The molecule has 3 N–H and O–H groups in total. The number of amides is 2. The lowest BCUT2D eigenvalue weighted by atomic mass is 9.87. The molecule has 0 aliphatic carbocycles. The summed E-state index contributed by atoms with van der Waals surface area (Å²) in [5, 5.41) is 15.7. The number of rotatable bonds is 26. The van der Waals surface area contributed by atoms with Gasteiger partial charge in [0.15, 0.2) is 0 Å². The number of hydrogen-bond acceptors (Lipinski definition) is 6. The topological polar surface area (TPSA) is 105 Å². The van der Waals surface area contributed by atoms with Gasteiger partial charge >= 0.3 is 5.97 Å². The summed E-state index contributed by atoms with van der Waals surface area (Å²) in [5.74, 6) is -0.354. The van der Waals surface area contributed by atoms with Crippen LogP contribution in [0.5, 0.6) is 0 Å². The van der Waals surface area contributed by atoms with Crippen LogP contribution in [0.2, 0.25) is 0 Å². The summed E-state index contributed by atoms with van der Waals surface area (Å²) in [6, 6.07) is 0. The van der Waals surface area contributed by atoms with Gasteiger partial charge < -0.3 is 20.5 Å². The van der Waals surface area contributed by atoms with Crippen LogP contribution >= 0.6 is 11.8 Å². The van der Waals surface area contributed by atoms with Crippen molar-refractivity contribution in [2.45, 2.75) is 118 Å². The van der Waals surface area contributed by atoms with Gasteiger partial charge in [-0.25, -0.2) is 0 Å². The Kier molecular flexibility index (Phi) is 34.0. The van der Waals surface area contributed by atoms with E-state index in [0.717, 1.165) is 44.3 Å². The standard InChI is InChI=1S/C33H52N2O5S.C6H14/c1-5-6-7-8-9-10-11-12-13-14-15-16-17-18-19-20-21-22-23-30(37)40-28-33(2,3)31(38)32(39)35-25-24-29(36)34-26-27-41-4;1-3-5-6-4-2/h6-7,9-10,12-13,15-16,18-19,21-22,31,38H,5,8,11,14,17,20,23-28H2,1-4H3,(H,34,36)(H,35,39);3-6H2,1-2H3/b7-6-,10-9-,13-12-,16-15-,19-18-,22-21-;/t31-;/m0./s1. The minimum absolute atomic E-state index is 0.0990. The first kappa shape index (κ1) is 46.3. The molecule has 0 aromatic heterocycles. The van der Waals surface area contributed by atoms with Crippen LogP contribution in [-0.2, 0) is 19.1 Å². The molecule has 1 atom stereocenters. The minimum atomic E-state index is -1.37. The number of hydrogen-bond donors (Lipinski definition) is 3. The Morgan fingerprint density at radius 3 is 1.64 bits per heavy atom. The Bertz CT molecular complexity index is 962. The van der Waals surface area contributed by atoms with Gasteiger partial charge in [-0.05, 0) is 44.8 Å². The number of allylic oxidation sites excluding steroid dienone is 11. The summed E-state index contributed by atoms with van der Waals surface area (Å²) >= 11 is 1.63. The zero-order valence-electron chi connectivity index (χ0n) is 30.3. The van der Waals surface area contributed by atoms with Crippen molar-refractivity contribution < 1.29 is 24.2 Å². The van der Waals surface area contributed by atoms with Gasteiger partial charge in [0.2, 0.25) is 11.8 Å². The number of carbonyl (C=O) groups excluding carboxylic acids is 3. The molecular weight excluding hydrogens is 609 g/mol. The first-order chi connectivity index (χ1) is 22.7. The van der Waals surface area contributed by atoms with Crippen molar-refractivity contribution in [1.29, 1.82) is 0 Å². The molecule has 47 heavy (non-hydrogen) atoms. The highest BCUT2D eigenvalue weighted by Crippen LogP contribution is 2.21. The average Bonchev–Trinajstić information content (AvgIpc) is 3.05. The number of nitrogens with one attached hydrogen (secondary N) is 2. The second-order valence-electron chi connectivity index (χ2n) is 11.8. The van der Waals surface area contributed by atoms with Gasteiger partial charge in [-0.2, -0.15) is 11.8 Å². The summed E-state index contributed by atoms with van der Waals surface area (Å²) in [6.45, 7) is 10.5. The molecule has 0 heterocycles. The molecule has 0 spiro atoms. The van der Waals surface area contributed by atoms with Crippen molar-refractivity contribution in [2.24, 2.45) is 5.41 Å². The van der Waals surface area contributed by atoms with E-state index in [2.05, 4.69) is 86.1 Å². The van der Waals surface area contributed by atoms with Crippen LogP contribution in [0.1, 0.15) is 112 Å². The Labute approximate surface area is 291 Å². The van der Waals surface area contributed by atoms with Crippen molar-refractivity contribution >= 4 is 29.5 Å². The number of unbranched alkanes of at least 4 members (excludes halogenated alkanes) is 3. The fourth-order valence-electron chi connectivity index (χ4n) is 3.74. The second kappa shape index (κ2) is 34.5. The Hall–Kier alpha value is -2.84. The molecule has 0 fully saturated rings. The van der Waals surface area contributed by atoms with E-state index in [1.54, 1.807) is 31.7 Å². The van der Waals surface area contributed by atoms with Crippen molar-refractivity contribution in [3.8, 4) is 0 Å². The van der Waals surface area contributed by atoms with Gasteiger partial charge in [0.1, 0.15) is 6.10 Å². The van der Waals surface area contributed by atoms with Crippen LogP contribution in [0.3, 0.4) is 0 Å². The maximum absolute atomic E-state index is 12.3. The first-order valence-electron chi connectivity index (χ1n) is 17.4. The third kappa shape index (κ3) is 32.9. The van der Waals surface area contributed by atoms with E-state index < -0.39 is 23.4 Å². The van der Waals surface area contributed by atoms with E-state index in [1.165, 1.54) is 25.7 Å². The van der Waals surface area contributed by atoms with Gasteiger partial charge in [-0.1, -0.05) is 133 Å². The number of thioether (sulfide) groups is 1. The molecule has 2 amide bonds. The number of ether oxygens (including phenoxy) is 1. The number of aliphatic hydroxyl groups is 1. The van der Waals surface area contributed by atoms with Crippen molar-refractivity contribution in [3.05, 3.63) is 72.9 Å². The molecule has 0 saturated heterocycles. The van der Waals surface area contributed by atoms with Gasteiger partial charge in [-0.15, -0.1) is 0 Å². The quantitative estimate of drug-likeness (QED) is 0.0482. The second-order valence-corrected chi connectivity index (χ2v) is 12.7. The van der Waals surface area contributed by atoms with Crippen LogP contribution in [-0.4, -0.2) is 60.7 Å². The van der Waals surface area contributed by atoms with E-state index in [1.807, 2.05) is 18.4 Å². The molecule has 7 nitrogen and oxygen atoms in total. The van der Waals surface area contributed by atoms with Crippen molar-refractivity contribution in [1.82, 2.24) is 10.6 Å². The summed E-state index contributed by atoms with van der Waals surface area (Å²) in [5.41, 5.74) is -0.973. The van der Waals surface area contributed by atoms with Crippen LogP contribution in [0.25, 0.3) is 0 Å². The highest BCUT2D eigenvalue weighted by Gasteiger charge is 2.34. The summed E-state index contributed by atoms with van der Waals surface area (Å²) < 4.78 is 5.27. The molecule has 0 unspecified atom stereocenters. The van der Waals surface area contributed by atoms with E-state index in [4.69, 9.17) is 4.74 Å². The number of esters is 1. The van der Waals surface area contributed by atoms with Crippen LogP contribution in [0.4, 0.5) is 0 Å². The Morgan fingerprint density at radius 2 is 1.19 bits per heavy atom. The lowest BCUT2D eigenvalue weighted by molar-refractivity contribution is -0.152. The molecule has 0 aromatic rings. The average molecular weight is 675 g/mol. The first-order valence-corrected chi connectivity index (χ1v) is 18.8. The fourth-order valence-corrected chi connectivity index (χ4v) is 4.04. The molecule has 0 bridgehead atoms. The lowest BCUT2D eigenvalue weighted by Crippen LogP contribution is -2.47. The zero-order valence-corrected chi connectivity index (χ0v) is 31.1. The van der Waals surface area contributed by atoms with Gasteiger partial charge in [0.05, 0.1) is 13.0 Å². The minimum Gasteiger partial charge on any atom is -0.465 e. The molecule has 268 valence electrons. The maximum atomic E-state index is 12.3. The molecule has 0 aromatic carbocycles. The normalized spacial score (nSPS) is 12.8. The van der Waals surface area contributed by atoms with Crippen LogP contribution < -0.4 is 10.6 Å². The largest absolute Gasteiger partial charge is 0.465 e. The predicted molar refractivity (Wildman–Crippen MR) is 202 cm³/mol. The lowest BCUT2D eigenvalue weighted by Gasteiger charge is -2.28. The molecule has 0 radical (unpaired) electrons. The molecule has 8 heteroatoms. The highest BCUT2D eigenvalue weighted by molar-refractivity contribution is 7.98. The van der Waals surface area contributed by atoms with E-state index in [-0.39, 0.29) is 31.9 Å². The van der Waals surface area contributed by atoms with E-state index in [9.17, 15) is 19.5 Å². The smallest absolute Gasteiger partial charge is 0.309 e. The molecule has 0 rings (SSSR count). The molecule has 0 aliphatic rings. The predicted octanol–water partition coefficient (Wildman–Crippen LogP) is 8.58. The van der Waals surface area contributed by atoms with Crippen LogP contribution in [0, 0.1) is 5.41 Å². The van der Waals surface area contributed by atoms with Crippen LogP contribution in [0.15, 0.2) is 72.9 Å². The van der Waals surface area contributed by atoms with Gasteiger partial charge in [0.25, 0.3) is 0 Å². The number of aliphatic hydroxyl groups excluding tert-OH is 1. The van der Waals surface area contributed by atoms with Gasteiger partial charge in [0, 0.05) is 30.7 Å². The molecular formula is C39H66N2O5S. The zero-order chi connectivity index (χ0) is 35.4. The molecule has 0 saturated carbocycles. The van der Waals surface area contributed by atoms with E-state index in [0.29, 0.717) is 6.54 Å². The summed E-state index contributed by atoms with van der Waals surface area (Å²) in [4.78, 5) is 36.0.